The van der Waals surface area contributed by atoms with Gasteiger partial charge in [-0.05, 0) is 36.8 Å². The Morgan fingerprint density at radius 3 is 2.88 bits per heavy atom. The van der Waals surface area contributed by atoms with E-state index in [-0.39, 0.29) is 0 Å². The molecule has 1 N–H and O–H groups in total. The van der Waals surface area contributed by atoms with Gasteiger partial charge in [0.15, 0.2) is 0 Å². The Kier molecular flexibility index (Phi) is 2.87. The van der Waals surface area contributed by atoms with Crippen molar-refractivity contribution >= 4 is 22.9 Å². The number of nitrogens with zero attached hydrogens (tertiary/aromatic N) is 1. The van der Waals surface area contributed by atoms with E-state index in [1.165, 1.54) is 12.1 Å². The minimum Gasteiger partial charge on any atom is -0.478 e. The fourth-order valence-electron chi connectivity index (χ4n) is 1.57. The molecule has 0 saturated heterocycles. The number of hydrogen-bond donors (Lipinski definition) is 1. The molecule has 0 bridgehead atoms. The van der Waals surface area contributed by atoms with Crippen LogP contribution in [0.5, 0.6) is 0 Å². The number of carboxylic acids is 1. The van der Waals surface area contributed by atoms with Gasteiger partial charge in [0.1, 0.15) is 11.3 Å². The molecule has 0 aliphatic carbocycles. The second-order valence-corrected chi connectivity index (χ2v) is 3.70. The van der Waals surface area contributed by atoms with Crippen LogP contribution >= 0.6 is 0 Å². The molecule has 0 amide bonds. The standard InChI is InChI=1S/C13H10FNO2/c1-8-2-4-10-6-9(3-5-12(16)17)7-11(14)13(10)15-8/h2-7H,1H3,(H,16,17)/b5-3+. The van der Waals surface area contributed by atoms with Crippen LogP contribution in [-0.2, 0) is 4.79 Å². The van der Waals surface area contributed by atoms with Gasteiger partial charge >= 0.3 is 5.97 Å². The molecule has 2 rings (SSSR count). The summed E-state index contributed by atoms with van der Waals surface area (Å²) in [6, 6.07) is 6.52. The molecule has 0 aliphatic rings. The van der Waals surface area contributed by atoms with Crippen molar-refractivity contribution < 1.29 is 14.3 Å². The zero-order valence-electron chi connectivity index (χ0n) is 9.14. The van der Waals surface area contributed by atoms with Gasteiger partial charge in [-0.1, -0.05) is 6.07 Å². The number of aliphatic carboxylic acids is 1. The van der Waals surface area contributed by atoms with E-state index in [9.17, 15) is 9.18 Å². The molecule has 3 nitrogen and oxygen atoms in total. The number of hydrogen-bond acceptors (Lipinski definition) is 2. The summed E-state index contributed by atoms with van der Waals surface area (Å²) >= 11 is 0. The Balaban J connectivity index is 2.56. The van der Waals surface area contributed by atoms with Crippen LogP contribution in [0.25, 0.3) is 17.0 Å². The first-order valence-electron chi connectivity index (χ1n) is 5.04. The van der Waals surface area contributed by atoms with E-state index in [1.54, 1.807) is 25.1 Å². The number of carbonyl (C=O) groups is 1. The highest BCUT2D eigenvalue weighted by Crippen LogP contribution is 2.19. The SMILES string of the molecule is Cc1ccc2cc(/C=C/C(=O)O)cc(F)c2n1. The van der Waals surface area contributed by atoms with E-state index < -0.39 is 11.8 Å². The van der Waals surface area contributed by atoms with Crippen molar-refractivity contribution in [1.29, 1.82) is 0 Å². The zero-order valence-corrected chi connectivity index (χ0v) is 9.14. The van der Waals surface area contributed by atoms with Crippen LogP contribution in [0.2, 0.25) is 0 Å². The molecular weight excluding hydrogens is 221 g/mol. The monoisotopic (exact) mass is 231 g/mol. The Morgan fingerprint density at radius 1 is 1.41 bits per heavy atom. The van der Waals surface area contributed by atoms with Crippen molar-refractivity contribution in [2.24, 2.45) is 0 Å². The van der Waals surface area contributed by atoms with Crippen molar-refractivity contribution in [3.63, 3.8) is 0 Å². The van der Waals surface area contributed by atoms with Gasteiger partial charge in [-0.3, -0.25) is 4.98 Å². The lowest BCUT2D eigenvalue weighted by molar-refractivity contribution is -0.131. The molecule has 0 fully saturated rings. The van der Waals surface area contributed by atoms with Gasteiger partial charge in [0.05, 0.1) is 0 Å². The van der Waals surface area contributed by atoms with Crippen molar-refractivity contribution in [2.45, 2.75) is 6.92 Å². The lowest BCUT2D eigenvalue weighted by atomic mass is 10.1. The molecular formula is C13H10FNO2. The second-order valence-electron chi connectivity index (χ2n) is 3.70. The molecule has 1 aromatic heterocycles. The Labute approximate surface area is 97.2 Å². The maximum atomic E-state index is 13.7. The molecule has 86 valence electrons. The summed E-state index contributed by atoms with van der Waals surface area (Å²) in [7, 11) is 0. The van der Waals surface area contributed by atoms with Crippen molar-refractivity contribution in [3.05, 3.63) is 47.4 Å². The number of benzene rings is 1. The Morgan fingerprint density at radius 2 is 2.18 bits per heavy atom. The summed E-state index contributed by atoms with van der Waals surface area (Å²) in [6.07, 6.45) is 2.33. The molecule has 0 aliphatic heterocycles. The largest absolute Gasteiger partial charge is 0.478 e. The maximum Gasteiger partial charge on any atom is 0.328 e. The third-order valence-electron chi connectivity index (χ3n) is 2.33. The summed E-state index contributed by atoms with van der Waals surface area (Å²) in [6.45, 7) is 1.79. The van der Waals surface area contributed by atoms with E-state index in [1.807, 2.05) is 0 Å². The molecule has 17 heavy (non-hydrogen) atoms. The van der Waals surface area contributed by atoms with E-state index in [2.05, 4.69) is 4.98 Å². The molecule has 0 radical (unpaired) electrons. The third kappa shape index (κ3) is 2.47. The molecule has 0 unspecified atom stereocenters. The van der Waals surface area contributed by atoms with E-state index in [0.29, 0.717) is 16.5 Å². The smallest absolute Gasteiger partial charge is 0.328 e. The lowest BCUT2D eigenvalue weighted by Gasteiger charge is -2.02. The van der Waals surface area contributed by atoms with E-state index in [0.717, 1.165) is 11.8 Å². The summed E-state index contributed by atoms with van der Waals surface area (Å²) in [5.41, 5.74) is 1.55. The van der Waals surface area contributed by atoms with Gasteiger partial charge in [0.25, 0.3) is 0 Å². The van der Waals surface area contributed by atoms with Crippen LogP contribution in [0.15, 0.2) is 30.3 Å². The van der Waals surface area contributed by atoms with Gasteiger partial charge in [-0.25, -0.2) is 9.18 Å². The number of aryl methyl sites for hydroxylation is 1. The number of aromatic nitrogens is 1. The van der Waals surface area contributed by atoms with Gasteiger partial charge in [-0.15, -0.1) is 0 Å². The fraction of sp³-hybridized carbons (Fsp3) is 0.0769. The number of halogens is 1. The van der Waals surface area contributed by atoms with E-state index in [4.69, 9.17) is 5.11 Å². The highest BCUT2D eigenvalue weighted by atomic mass is 19.1. The molecule has 0 saturated carbocycles. The van der Waals surface area contributed by atoms with Gasteiger partial charge in [0.2, 0.25) is 0 Å². The lowest BCUT2D eigenvalue weighted by Crippen LogP contribution is -1.90. The first kappa shape index (κ1) is 11.3. The molecule has 2 aromatic rings. The summed E-state index contributed by atoms with van der Waals surface area (Å²) in [5, 5.41) is 9.15. The Hall–Kier alpha value is -2.23. The van der Waals surface area contributed by atoms with Crippen molar-refractivity contribution in [3.8, 4) is 0 Å². The summed E-state index contributed by atoms with van der Waals surface area (Å²) in [5.74, 6) is -1.51. The number of pyridine rings is 1. The first-order valence-corrected chi connectivity index (χ1v) is 5.04. The van der Waals surface area contributed by atoms with Crippen LogP contribution in [0.1, 0.15) is 11.3 Å². The highest BCUT2D eigenvalue weighted by Gasteiger charge is 2.04. The van der Waals surface area contributed by atoms with E-state index >= 15 is 0 Å². The number of fused-ring (bicyclic) bond motifs is 1. The maximum absolute atomic E-state index is 13.7. The molecule has 1 heterocycles. The molecule has 4 heteroatoms. The average molecular weight is 231 g/mol. The average Bonchev–Trinajstić information content (AvgIpc) is 2.27. The summed E-state index contributed by atoms with van der Waals surface area (Å²) < 4.78 is 13.7. The summed E-state index contributed by atoms with van der Waals surface area (Å²) in [4.78, 5) is 14.5. The minimum absolute atomic E-state index is 0.303. The van der Waals surface area contributed by atoms with Crippen LogP contribution in [0, 0.1) is 12.7 Å². The predicted molar refractivity (Wildman–Crippen MR) is 63.1 cm³/mol. The van der Waals surface area contributed by atoms with Crippen molar-refractivity contribution in [1.82, 2.24) is 4.98 Å². The van der Waals surface area contributed by atoms with Gasteiger partial charge in [0, 0.05) is 17.2 Å². The highest BCUT2D eigenvalue weighted by molar-refractivity contribution is 5.87. The fourth-order valence-corrected chi connectivity index (χ4v) is 1.57. The molecule has 1 aromatic carbocycles. The quantitative estimate of drug-likeness (QED) is 0.808. The topological polar surface area (TPSA) is 50.2 Å². The minimum atomic E-state index is -1.06. The Bertz CT molecular complexity index is 620. The first-order chi connectivity index (χ1) is 8.06. The van der Waals surface area contributed by atoms with Gasteiger partial charge in [-0.2, -0.15) is 0 Å². The van der Waals surface area contributed by atoms with Crippen LogP contribution < -0.4 is 0 Å². The zero-order chi connectivity index (χ0) is 12.4. The second kappa shape index (κ2) is 4.33. The van der Waals surface area contributed by atoms with Crippen LogP contribution in [-0.4, -0.2) is 16.1 Å². The number of rotatable bonds is 2. The third-order valence-corrected chi connectivity index (χ3v) is 2.33. The van der Waals surface area contributed by atoms with Crippen molar-refractivity contribution in [2.75, 3.05) is 0 Å². The molecule has 0 spiro atoms. The van der Waals surface area contributed by atoms with Crippen LogP contribution in [0.4, 0.5) is 4.39 Å². The predicted octanol–water partition coefficient (Wildman–Crippen LogP) is 2.78. The van der Waals surface area contributed by atoms with Crippen LogP contribution in [0.3, 0.4) is 0 Å². The molecule has 0 atom stereocenters. The normalized spacial score (nSPS) is 11.2. The van der Waals surface area contributed by atoms with Gasteiger partial charge < -0.3 is 5.11 Å². The number of carboxylic acid groups (broad SMARTS) is 1.